The zero-order valence-corrected chi connectivity index (χ0v) is 11.6. The second-order valence-electron chi connectivity index (χ2n) is 4.43. The third-order valence-corrected chi connectivity index (χ3v) is 2.54. The van der Waals surface area contributed by atoms with E-state index >= 15 is 0 Å². The minimum atomic E-state index is -0.225. The molecule has 1 unspecified atom stereocenters. The van der Waals surface area contributed by atoms with Gasteiger partial charge >= 0.3 is 0 Å². The number of carbonyl (C=O) groups excluding carboxylic acids is 1. The van der Waals surface area contributed by atoms with Gasteiger partial charge in [-0.05, 0) is 13.3 Å². The molecule has 1 N–H and O–H groups in total. The molecule has 1 amide bonds. The van der Waals surface area contributed by atoms with Crippen LogP contribution in [0.25, 0.3) is 0 Å². The summed E-state index contributed by atoms with van der Waals surface area (Å²) in [5.41, 5.74) is 0.287. The van der Waals surface area contributed by atoms with Crippen LogP contribution in [0.3, 0.4) is 0 Å². The molecule has 0 aliphatic heterocycles. The molecule has 19 heavy (non-hydrogen) atoms. The van der Waals surface area contributed by atoms with Crippen LogP contribution in [0.4, 0.5) is 5.82 Å². The first kappa shape index (κ1) is 14.9. The van der Waals surface area contributed by atoms with Gasteiger partial charge in [-0.3, -0.25) is 4.79 Å². The number of amides is 1. The van der Waals surface area contributed by atoms with Gasteiger partial charge in [0.25, 0.3) is 5.91 Å². The zero-order valence-electron chi connectivity index (χ0n) is 11.6. The van der Waals surface area contributed by atoms with Gasteiger partial charge in [-0.25, -0.2) is 9.97 Å². The Morgan fingerprint density at radius 1 is 1.53 bits per heavy atom. The van der Waals surface area contributed by atoms with E-state index in [4.69, 9.17) is 5.26 Å². The largest absolute Gasteiger partial charge is 0.369 e. The molecule has 0 saturated carbocycles. The summed E-state index contributed by atoms with van der Waals surface area (Å²) in [6, 6.07) is 2.09. The summed E-state index contributed by atoms with van der Waals surface area (Å²) in [5.74, 6) is 0.232. The van der Waals surface area contributed by atoms with Crippen molar-refractivity contribution in [2.24, 2.45) is 5.92 Å². The van der Waals surface area contributed by atoms with E-state index in [-0.39, 0.29) is 17.5 Å². The molecule has 0 fully saturated rings. The van der Waals surface area contributed by atoms with E-state index < -0.39 is 0 Å². The Bertz CT molecular complexity index is 451. The second kappa shape index (κ2) is 7.31. The molecule has 0 spiro atoms. The summed E-state index contributed by atoms with van der Waals surface area (Å²) in [6.07, 6.45) is 4.00. The summed E-state index contributed by atoms with van der Waals surface area (Å²) in [6.45, 7) is 5.03. The average molecular weight is 261 g/mol. The van der Waals surface area contributed by atoms with Crippen LogP contribution in [0, 0.1) is 17.2 Å². The molecule has 0 saturated heterocycles. The molecule has 1 atom stereocenters. The number of rotatable bonds is 6. The lowest BCUT2D eigenvalue weighted by atomic mass is 10.2. The first-order valence-corrected chi connectivity index (χ1v) is 6.29. The van der Waals surface area contributed by atoms with Gasteiger partial charge in [0.05, 0.1) is 24.4 Å². The first-order valence-electron chi connectivity index (χ1n) is 6.29. The monoisotopic (exact) mass is 261 g/mol. The van der Waals surface area contributed by atoms with Crippen LogP contribution in [0.1, 0.15) is 30.8 Å². The Morgan fingerprint density at radius 3 is 2.79 bits per heavy atom. The molecule has 0 aliphatic rings. The maximum atomic E-state index is 12.0. The van der Waals surface area contributed by atoms with Crippen LogP contribution in [0.5, 0.6) is 0 Å². The fourth-order valence-electron chi connectivity index (χ4n) is 1.51. The van der Waals surface area contributed by atoms with Crippen LogP contribution in [-0.2, 0) is 0 Å². The van der Waals surface area contributed by atoms with E-state index in [1.165, 1.54) is 11.1 Å². The van der Waals surface area contributed by atoms with Crippen LogP contribution >= 0.6 is 0 Å². The summed E-state index contributed by atoms with van der Waals surface area (Å²) in [4.78, 5) is 21.7. The number of aromatic nitrogens is 2. The molecule has 0 aliphatic carbocycles. The molecule has 6 heteroatoms. The van der Waals surface area contributed by atoms with Gasteiger partial charge in [0.1, 0.15) is 11.5 Å². The predicted octanol–water partition coefficient (Wildman–Crippen LogP) is 1.53. The molecule has 0 bridgehead atoms. The number of nitrogens with zero attached hydrogens (tertiary/aromatic N) is 4. The van der Waals surface area contributed by atoms with E-state index in [1.54, 1.807) is 20.2 Å². The van der Waals surface area contributed by atoms with Gasteiger partial charge in [0.15, 0.2) is 0 Å². The molecular formula is C13H19N5O. The Hall–Kier alpha value is -2.16. The van der Waals surface area contributed by atoms with Gasteiger partial charge in [-0.1, -0.05) is 6.92 Å². The maximum absolute atomic E-state index is 12.0. The van der Waals surface area contributed by atoms with Crippen molar-refractivity contribution in [3.63, 3.8) is 0 Å². The minimum absolute atomic E-state index is 0.201. The van der Waals surface area contributed by atoms with Crippen LogP contribution in [0.15, 0.2) is 12.4 Å². The highest BCUT2D eigenvalue weighted by Gasteiger charge is 2.15. The summed E-state index contributed by atoms with van der Waals surface area (Å²) in [7, 11) is 1.65. The summed E-state index contributed by atoms with van der Waals surface area (Å²) >= 11 is 0. The molecule has 1 aromatic rings. The number of nitrogens with one attached hydrogen (secondary N) is 1. The number of hydrogen-bond donors (Lipinski definition) is 1. The topological polar surface area (TPSA) is 81.9 Å². The zero-order chi connectivity index (χ0) is 14.3. The van der Waals surface area contributed by atoms with Gasteiger partial charge in [0, 0.05) is 20.1 Å². The van der Waals surface area contributed by atoms with Crippen molar-refractivity contribution in [1.29, 1.82) is 5.26 Å². The molecule has 102 valence electrons. The van der Waals surface area contributed by atoms with Crippen molar-refractivity contribution in [3.8, 4) is 6.07 Å². The van der Waals surface area contributed by atoms with Gasteiger partial charge in [0.2, 0.25) is 0 Å². The van der Waals surface area contributed by atoms with Crippen LogP contribution < -0.4 is 5.32 Å². The molecule has 0 radical (unpaired) electrons. The highest BCUT2D eigenvalue weighted by molar-refractivity contribution is 5.91. The Morgan fingerprint density at radius 2 is 2.26 bits per heavy atom. The quantitative estimate of drug-likeness (QED) is 0.839. The predicted molar refractivity (Wildman–Crippen MR) is 72.6 cm³/mol. The van der Waals surface area contributed by atoms with Gasteiger partial charge in [-0.15, -0.1) is 0 Å². The van der Waals surface area contributed by atoms with Gasteiger partial charge < -0.3 is 10.2 Å². The standard InChI is InChI=1S/C13H19N5O/c1-4-5-15-12-8-16-11(7-17-12)13(19)18(3)9-10(2)6-14/h7-8,10H,4-5,9H2,1-3H3,(H,15,17). The van der Waals surface area contributed by atoms with Crippen LogP contribution in [-0.4, -0.2) is 40.9 Å². The van der Waals surface area contributed by atoms with E-state index in [1.807, 2.05) is 0 Å². The van der Waals surface area contributed by atoms with Crippen LogP contribution in [0.2, 0.25) is 0 Å². The summed E-state index contributed by atoms with van der Waals surface area (Å²) in [5, 5.41) is 11.8. The lowest BCUT2D eigenvalue weighted by Gasteiger charge is -2.17. The van der Waals surface area contributed by atoms with Crippen molar-refractivity contribution < 1.29 is 4.79 Å². The minimum Gasteiger partial charge on any atom is -0.369 e. The lowest BCUT2D eigenvalue weighted by molar-refractivity contribution is 0.0779. The smallest absolute Gasteiger partial charge is 0.273 e. The molecule has 1 rings (SSSR count). The SMILES string of the molecule is CCCNc1cnc(C(=O)N(C)CC(C)C#N)cn1. The summed E-state index contributed by atoms with van der Waals surface area (Å²) < 4.78 is 0. The fraction of sp³-hybridized carbons (Fsp3) is 0.538. The van der Waals surface area contributed by atoms with E-state index in [0.717, 1.165) is 13.0 Å². The second-order valence-corrected chi connectivity index (χ2v) is 4.43. The van der Waals surface area contributed by atoms with Crippen molar-refractivity contribution in [3.05, 3.63) is 18.1 Å². The number of carbonyl (C=O) groups is 1. The number of nitriles is 1. The van der Waals surface area contributed by atoms with E-state index in [2.05, 4.69) is 28.3 Å². The highest BCUT2D eigenvalue weighted by Crippen LogP contribution is 2.05. The fourth-order valence-corrected chi connectivity index (χ4v) is 1.51. The third-order valence-electron chi connectivity index (χ3n) is 2.54. The van der Waals surface area contributed by atoms with Crippen molar-refractivity contribution in [2.75, 3.05) is 25.5 Å². The lowest BCUT2D eigenvalue weighted by Crippen LogP contribution is -2.31. The molecule has 1 aromatic heterocycles. The average Bonchev–Trinajstić information content (AvgIpc) is 2.44. The molecule has 0 aromatic carbocycles. The van der Waals surface area contributed by atoms with E-state index in [9.17, 15) is 4.79 Å². The van der Waals surface area contributed by atoms with E-state index in [0.29, 0.717) is 12.4 Å². The Labute approximate surface area is 113 Å². The molecular weight excluding hydrogens is 242 g/mol. The molecule has 6 nitrogen and oxygen atoms in total. The van der Waals surface area contributed by atoms with Crippen molar-refractivity contribution in [1.82, 2.24) is 14.9 Å². The van der Waals surface area contributed by atoms with Gasteiger partial charge in [-0.2, -0.15) is 5.26 Å². The molecule has 1 heterocycles. The Balaban J connectivity index is 2.64. The number of anilines is 1. The first-order chi connectivity index (χ1) is 9.08. The van der Waals surface area contributed by atoms with Crippen molar-refractivity contribution in [2.45, 2.75) is 20.3 Å². The third kappa shape index (κ3) is 4.54. The Kier molecular flexibility index (Phi) is 5.73. The van der Waals surface area contributed by atoms with Crippen molar-refractivity contribution >= 4 is 11.7 Å². The normalized spacial score (nSPS) is 11.5. The maximum Gasteiger partial charge on any atom is 0.273 e. The number of hydrogen-bond acceptors (Lipinski definition) is 5. The highest BCUT2D eigenvalue weighted by atomic mass is 16.2.